The Labute approximate surface area is 129 Å². The van der Waals surface area contributed by atoms with Crippen LogP contribution in [0.4, 0.5) is 5.69 Å². The molecule has 1 aliphatic rings. The molecule has 20 heavy (non-hydrogen) atoms. The molecule has 1 aromatic rings. The number of rotatable bonds is 3. The van der Waals surface area contributed by atoms with Crippen LogP contribution in [0, 0.1) is 0 Å². The van der Waals surface area contributed by atoms with Crippen molar-refractivity contribution in [2.45, 2.75) is 19.4 Å². The van der Waals surface area contributed by atoms with Crippen molar-refractivity contribution in [1.82, 2.24) is 5.32 Å². The molecule has 0 radical (unpaired) electrons. The van der Waals surface area contributed by atoms with Crippen LogP contribution in [0.2, 0.25) is 0 Å². The number of anilines is 1. The lowest BCUT2D eigenvalue weighted by molar-refractivity contribution is 0.597. The minimum Gasteiger partial charge on any atom is -0.370 e. The van der Waals surface area contributed by atoms with Crippen molar-refractivity contribution in [2.75, 3.05) is 36.5 Å². The van der Waals surface area contributed by atoms with Gasteiger partial charge in [-0.3, -0.25) is 0 Å². The smallest absolute Gasteiger partial charge is 0.152 e. The van der Waals surface area contributed by atoms with E-state index in [4.69, 9.17) is 0 Å². The van der Waals surface area contributed by atoms with Crippen molar-refractivity contribution in [2.24, 2.45) is 0 Å². The van der Waals surface area contributed by atoms with Gasteiger partial charge in [0.1, 0.15) is 0 Å². The Balaban J connectivity index is 2.19. The van der Waals surface area contributed by atoms with Gasteiger partial charge in [-0.15, -0.1) is 0 Å². The van der Waals surface area contributed by atoms with E-state index in [0.717, 1.165) is 16.7 Å². The highest BCUT2D eigenvalue weighted by Crippen LogP contribution is 2.28. The summed E-state index contributed by atoms with van der Waals surface area (Å²) < 4.78 is 24.4. The first-order valence-corrected chi connectivity index (χ1v) is 9.46. The maximum Gasteiger partial charge on any atom is 0.152 e. The normalized spacial score (nSPS) is 20.4. The van der Waals surface area contributed by atoms with Crippen LogP contribution in [0.1, 0.15) is 24.9 Å². The van der Waals surface area contributed by atoms with E-state index < -0.39 is 9.84 Å². The molecule has 1 N–H and O–H groups in total. The average Bonchev–Trinajstić information content (AvgIpc) is 2.59. The van der Waals surface area contributed by atoms with Gasteiger partial charge >= 0.3 is 0 Å². The number of nitrogens with zero attached hydrogens (tertiary/aromatic N) is 1. The molecule has 0 aliphatic carbocycles. The topological polar surface area (TPSA) is 49.4 Å². The predicted octanol–water partition coefficient (Wildman–Crippen LogP) is 2.35. The van der Waals surface area contributed by atoms with Crippen LogP contribution in [0.3, 0.4) is 0 Å². The van der Waals surface area contributed by atoms with Gasteiger partial charge in [-0.1, -0.05) is 22.0 Å². The van der Waals surface area contributed by atoms with Gasteiger partial charge in [0.05, 0.1) is 11.5 Å². The fourth-order valence-electron chi connectivity index (χ4n) is 2.42. The number of benzene rings is 1. The zero-order valence-corrected chi connectivity index (χ0v) is 14.3. The van der Waals surface area contributed by atoms with Crippen LogP contribution in [0.5, 0.6) is 0 Å². The zero-order chi connectivity index (χ0) is 14.8. The third-order valence-electron chi connectivity index (χ3n) is 3.80. The van der Waals surface area contributed by atoms with Crippen molar-refractivity contribution in [1.29, 1.82) is 0 Å². The zero-order valence-electron chi connectivity index (χ0n) is 11.9. The summed E-state index contributed by atoms with van der Waals surface area (Å²) in [5, 5.41) is 3.22. The summed E-state index contributed by atoms with van der Waals surface area (Å²) in [5.41, 5.74) is 2.29. The summed E-state index contributed by atoms with van der Waals surface area (Å²) in [4.78, 5) is 2.16. The first kappa shape index (κ1) is 15.8. The maximum absolute atomic E-state index is 11.7. The lowest BCUT2D eigenvalue weighted by atomic mass is 10.1. The minimum atomic E-state index is -2.86. The summed E-state index contributed by atoms with van der Waals surface area (Å²) >= 11 is 3.61. The van der Waals surface area contributed by atoms with Crippen LogP contribution < -0.4 is 10.2 Å². The minimum absolute atomic E-state index is 0.249. The van der Waals surface area contributed by atoms with E-state index in [1.54, 1.807) is 0 Å². The van der Waals surface area contributed by atoms with E-state index in [-0.39, 0.29) is 11.8 Å². The van der Waals surface area contributed by atoms with Crippen LogP contribution in [-0.2, 0) is 9.84 Å². The molecule has 1 saturated heterocycles. The second-order valence-electron chi connectivity index (χ2n) is 5.21. The predicted molar refractivity (Wildman–Crippen MR) is 87.1 cm³/mol. The number of halogens is 1. The highest BCUT2D eigenvalue weighted by Gasteiger charge is 2.20. The molecule has 0 amide bonds. The molecule has 0 spiro atoms. The summed E-state index contributed by atoms with van der Waals surface area (Å²) in [6.45, 7) is 3.49. The molecule has 1 aromatic carbocycles. The Morgan fingerprint density at radius 2 is 2.05 bits per heavy atom. The van der Waals surface area contributed by atoms with E-state index in [1.807, 2.05) is 7.05 Å². The Bertz CT molecular complexity index is 575. The average molecular weight is 361 g/mol. The van der Waals surface area contributed by atoms with Gasteiger partial charge < -0.3 is 10.2 Å². The maximum atomic E-state index is 11.7. The number of sulfone groups is 1. The molecule has 1 unspecified atom stereocenters. The molecule has 2 rings (SSSR count). The van der Waals surface area contributed by atoms with E-state index in [9.17, 15) is 8.42 Å². The molecular weight excluding hydrogens is 340 g/mol. The Hall–Kier alpha value is -0.590. The molecular formula is C14H21BrN2O2S. The van der Waals surface area contributed by atoms with E-state index in [1.165, 1.54) is 5.56 Å². The second kappa shape index (κ2) is 6.45. The summed E-state index contributed by atoms with van der Waals surface area (Å²) in [7, 11) is -0.924. The molecule has 0 aromatic heterocycles. The second-order valence-corrected chi connectivity index (χ2v) is 8.37. The van der Waals surface area contributed by atoms with Crippen LogP contribution in [0.15, 0.2) is 22.7 Å². The van der Waals surface area contributed by atoms with Crippen molar-refractivity contribution in [3.05, 3.63) is 28.2 Å². The van der Waals surface area contributed by atoms with E-state index in [2.05, 4.69) is 51.3 Å². The van der Waals surface area contributed by atoms with Crippen molar-refractivity contribution < 1.29 is 8.42 Å². The standard InChI is InChI=1S/C14H21BrN2O2S/c1-11(16-2)13-5-4-12(10-14(13)15)17-6-3-8-20(18,19)9-7-17/h4-5,10-11,16H,3,6-9H2,1-2H3. The van der Waals surface area contributed by atoms with E-state index in [0.29, 0.717) is 18.7 Å². The Kier molecular flexibility index (Phi) is 5.09. The quantitative estimate of drug-likeness (QED) is 0.898. The van der Waals surface area contributed by atoms with Gasteiger partial charge in [-0.25, -0.2) is 8.42 Å². The largest absolute Gasteiger partial charge is 0.370 e. The van der Waals surface area contributed by atoms with Crippen LogP contribution in [-0.4, -0.2) is 40.1 Å². The van der Waals surface area contributed by atoms with Gasteiger partial charge in [-0.05, 0) is 38.1 Å². The molecule has 1 heterocycles. The molecule has 0 saturated carbocycles. The molecule has 6 heteroatoms. The Morgan fingerprint density at radius 3 is 2.70 bits per heavy atom. The number of nitrogens with one attached hydrogen (secondary N) is 1. The third kappa shape index (κ3) is 3.74. The van der Waals surface area contributed by atoms with Crippen molar-refractivity contribution in [3.8, 4) is 0 Å². The fraction of sp³-hybridized carbons (Fsp3) is 0.571. The molecule has 0 bridgehead atoms. The molecule has 1 fully saturated rings. The highest BCUT2D eigenvalue weighted by molar-refractivity contribution is 9.10. The van der Waals surface area contributed by atoms with E-state index >= 15 is 0 Å². The summed E-state index contributed by atoms with van der Waals surface area (Å²) in [6, 6.07) is 6.54. The first-order valence-electron chi connectivity index (χ1n) is 6.85. The lowest BCUT2D eigenvalue weighted by Crippen LogP contribution is -2.26. The van der Waals surface area contributed by atoms with Crippen LogP contribution in [0.25, 0.3) is 0 Å². The van der Waals surface area contributed by atoms with Gasteiger partial charge in [0.15, 0.2) is 9.84 Å². The molecule has 1 aliphatic heterocycles. The van der Waals surface area contributed by atoms with Gasteiger partial charge in [-0.2, -0.15) is 0 Å². The molecule has 4 nitrogen and oxygen atoms in total. The lowest BCUT2D eigenvalue weighted by Gasteiger charge is -2.23. The van der Waals surface area contributed by atoms with Gasteiger partial charge in [0.25, 0.3) is 0 Å². The molecule has 1 atom stereocenters. The summed E-state index contributed by atoms with van der Waals surface area (Å²) in [5.74, 6) is 0.554. The number of hydrogen-bond acceptors (Lipinski definition) is 4. The highest BCUT2D eigenvalue weighted by atomic mass is 79.9. The fourth-order valence-corrected chi connectivity index (χ4v) is 4.40. The Morgan fingerprint density at radius 1 is 1.30 bits per heavy atom. The molecule has 112 valence electrons. The van der Waals surface area contributed by atoms with Crippen molar-refractivity contribution in [3.63, 3.8) is 0 Å². The first-order chi connectivity index (χ1) is 9.43. The van der Waals surface area contributed by atoms with Crippen LogP contribution >= 0.6 is 15.9 Å². The number of hydrogen-bond donors (Lipinski definition) is 1. The monoisotopic (exact) mass is 360 g/mol. The SMILES string of the molecule is CNC(C)c1ccc(N2CCCS(=O)(=O)CC2)cc1Br. The summed E-state index contributed by atoms with van der Waals surface area (Å²) in [6.07, 6.45) is 0.703. The third-order valence-corrected chi connectivity index (χ3v) is 6.21. The van der Waals surface area contributed by atoms with Gasteiger partial charge in [0.2, 0.25) is 0 Å². The van der Waals surface area contributed by atoms with Crippen molar-refractivity contribution >= 4 is 31.5 Å². The van der Waals surface area contributed by atoms with Gasteiger partial charge in [0, 0.05) is 29.3 Å².